The molecule has 2 heterocycles. The van der Waals surface area contributed by atoms with Crippen LogP contribution < -0.4 is 10.2 Å². The maximum absolute atomic E-state index is 13.4. The normalized spacial score (nSPS) is 16.9. The Balaban J connectivity index is 1.93. The molecule has 1 unspecified atom stereocenters. The molecule has 1 fully saturated rings. The Hall–Kier alpha value is -3.55. The number of carbonyl (C=O) groups excluding carboxylic acids is 2. The van der Waals surface area contributed by atoms with Crippen LogP contribution in [0.25, 0.3) is 0 Å². The molecule has 1 aliphatic heterocycles. The highest BCUT2D eigenvalue weighted by Crippen LogP contribution is 2.35. The third-order valence-electron chi connectivity index (χ3n) is 4.99. The number of aromatic nitrogens is 2. The van der Waals surface area contributed by atoms with E-state index >= 15 is 0 Å². The lowest BCUT2D eigenvalue weighted by Gasteiger charge is -2.41. The number of nitriles is 1. The summed E-state index contributed by atoms with van der Waals surface area (Å²) in [5.41, 5.74) is -1.41. The van der Waals surface area contributed by atoms with Gasteiger partial charge < -0.3 is 19.7 Å². The number of amides is 2. The second-order valence-corrected chi connectivity index (χ2v) is 6.78. The van der Waals surface area contributed by atoms with Crippen molar-refractivity contribution in [2.75, 3.05) is 31.6 Å². The first-order valence-corrected chi connectivity index (χ1v) is 9.03. The van der Waals surface area contributed by atoms with Crippen molar-refractivity contribution in [2.45, 2.75) is 12.2 Å². The Morgan fingerprint density at radius 2 is 2.03 bits per heavy atom. The minimum Gasteiger partial charge on any atom is -0.357 e. The monoisotopic (exact) mass is 420 g/mol. The van der Waals surface area contributed by atoms with Crippen LogP contribution in [0.3, 0.4) is 0 Å². The fourth-order valence-corrected chi connectivity index (χ4v) is 3.42. The lowest BCUT2D eigenvalue weighted by molar-refractivity contribution is -0.137. The number of benzene rings is 1. The molecule has 11 heteroatoms. The fourth-order valence-electron chi connectivity index (χ4n) is 3.42. The van der Waals surface area contributed by atoms with Gasteiger partial charge in [0.15, 0.2) is 5.82 Å². The summed E-state index contributed by atoms with van der Waals surface area (Å²) in [5.74, 6) is -0.603. The molecule has 0 aliphatic carbocycles. The molecule has 2 amide bonds. The molecule has 0 radical (unpaired) electrons. The van der Waals surface area contributed by atoms with Gasteiger partial charge in [-0.3, -0.25) is 9.59 Å². The number of hydrogen-bond acceptors (Lipinski definition) is 5. The first-order valence-electron chi connectivity index (χ1n) is 9.03. The van der Waals surface area contributed by atoms with Gasteiger partial charge in [0.25, 0.3) is 5.91 Å². The molecular formula is C19H19F3N6O2. The number of piperazine rings is 1. The summed E-state index contributed by atoms with van der Waals surface area (Å²) in [4.78, 5) is 32.2. The van der Waals surface area contributed by atoms with Crippen LogP contribution in [-0.4, -0.2) is 59.0 Å². The maximum atomic E-state index is 13.4. The van der Waals surface area contributed by atoms with Crippen LogP contribution >= 0.6 is 0 Å². The van der Waals surface area contributed by atoms with Gasteiger partial charge >= 0.3 is 6.18 Å². The molecule has 1 aromatic carbocycles. The van der Waals surface area contributed by atoms with E-state index in [1.165, 1.54) is 29.1 Å². The zero-order chi connectivity index (χ0) is 22.1. The van der Waals surface area contributed by atoms with E-state index in [0.717, 1.165) is 12.1 Å². The van der Waals surface area contributed by atoms with E-state index in [1.54, 1.807) is 23.9 Å². The molecule has 0 bridgehead atoms. The highest BCUT2D eigenvalue weighted by atomic mass is 19.4. The van der Waals surface area contributed by atoms with Gasteiger partial charge in [-0.25, -0.2) is 4.98 Å². The summed E-state index contributed by atoms with van der Waals surface area (Å²) in [7, 11) is 3.09. The van der Waals surface area contributed by atoms with Gasteiger partial charge in [0.1, 0.15) is 6.04 Å². The quantitative estimate of drug-likeness (QED) is 0.810. The summed E-state index contributed by atoms with van der Waals surface area (Å²) < 4.78 is 41.6. The van der Waals surface area contributed by atoms with Crippen LogP contribution in [0, 0.1) is 11.3 Å². The fraction of sp³-hybridized carbons (Fsp3) is 0.368. The first kappa shape index (κ1) is 21.2. The lowest BCUT2D eigenvalue weighted by Crippen LogP contribution is -2.60. The predicted molar refractivity (Wildman–Crippen MR) is 100 cm³/mol. The zero-order valence-corrected chi connectivity index (χ0v) is 16.3. The number of rotatable bonds is 3. The van der Waals surface area contributed by atoms with Gasteiger partial charge in [-0.15, -0.1) is 0 Å². The lowest BCUT2D eigenvalue weighted by atomic mass is 10.0. The number of nitrogens with one attached hydrogen (secondary N) is 1. The van der Waals surface area contributed by atoms with Gasteiger partial charge in [-0.1, -0.05) is 0 Å². The van der Waals surface area contributed by atoms with Crippen molar-refractivity contribution in [3.63, 3.8) is 0 Å². The number of halogens is 3. The van der Waals surface area contributed by atoms with Gasteiger partial charge in [-0.2, -0.15) is 18.4 Å². The van der Waals surface area contributed by atoms with Crippen molar-refractivity contribution < 1.29 is 22.8 Å². The van der Waals surface area contributed by atoms with Crippen molar-refractivity contribution in [2.24, 2.45) is 7.05 Å². The number of anilines is 1. The number of carbonyl (C=O) groups is 2. The van der Waals surface area contributed by atoms with E-state index in [2.05, 4.69) is 10.3 Å². The second kappa shape index (κ2) is 8.06. The highest BCUT2D eigenvalue weighted by molar-refractivity contribution is 5.93. The van der Waals surface area contributed by atoms with Crippen LogP contribution in [0.1, 0.15) is 21.7 Å². The van der Waals surface area contributed by atoms with Crippen LogP contribution in [0.2, 0.25) is 0 Å². The Morgan fingerprint density at radius 3 is 2.60 bits per heavy atom. The summed E-state index contributed by atoms with van der Waals surface area (Å²) in [6.45, 7) is 0.310. The number of hydrogen-bond donors (Lipinski definition) is 1. The second-order valence-electron chi connectivity index (χ2n) is 6.78. The molecule has 2 aromatic rings. The number of aryl methyl sites for hydroxylation is 1. The van der Waals surface area contributed by atoms with Crippen LogP contribution in [-0.2, 0) is 18.0 Å². The van der Waals surface area contributed by atoms with Gasteiger partial charge in [0.2, 0.25) is 5.91 Å². The molecular weight excluding hydrogens is 401 g/mol. The summed E-state index contributed by atoms with van der Waals surface area (Å²) in [5, 5.41) is 11.5. The molecule has 8 nitrogen and oxygen atoms in total. The molecule has 30 heavy (non-hydrogen) atoms. The van der Waals surface area contributed by atoms with Crippen LogP contribution in [0.15, 0.2) is 30.6 Å². The average Bonchev–Trinajstić information content (AvgIpc) is 3.16. The van der Waals surface area contributed by atoms with Gasteiger partial charge in [0.05, 0.1) is 23.7 Å². The number of nitrogens with zero attached hydrogens (tertiary/aromatic N) is 5. The van der Waals surface area contributed by atoms with Crippen molar-refractivity contribution in [3.05, 3.63) is 47.5 Å². The molecule has 1 saturated heterocycles. The predicted octanol–water partition coefficient (Wildman–Crippen LogP) is 1.39. The largest absolute Gasteiger partial charge is 0.417 e. The van der Waals surface area contributed by atoms with Gasteiger partial charge in [-0.05, 0) is 18.2 Å². The SMILES string of the molecule is CNC(=O)C1CN(C(=O)c2nccn2C)CCN1c1ccc(C#N)c(C(F)(F)F)c1. The average molecular weight is 420 g/mol. The van der Waals surface area contributed by atoms with Crippen molar-refractivity contribution >= 4 is 17.5 Å². The van der Waals surface area contributed by atoms with E-state index in [0.29, 0.717) is 0 Å². The summed E-state index contributed by atoms with van der Waals surface area (Å²) in [6, 6.07) is 3.97. The first-order chi connectivity index (χ1) is 14.2. The maximum Gasteiger partial charge on any atom is 0.417 e. The molecule has 1 aliphatic rings. The van der Waals surface area contributed by atoms with E-state index in [-0.39, 0.29) is 37.1 Å². The van der Waals surface area contributed by atoms with E-state index in [1.807, 2.05) is 0 Å². The zero-order valence-electron chi connectivity index (χ0n) is 16.3. The third kappa shape index (κ3) is 3.94. The Labute approximate surface area is 170 Å². The third-order valence-corrected chi connectivity index (χ3v) is 4.99. The number of likely N-dealkylation sites (N-methyl/N-ethyl adjacent to an activating group) is 1. The molecule has 1 N–H and O–H groups in total. The standard InChI is InChI=1S/C19H19F3N6O2/c1-24-17(29)15-11-27(18(30)16-25-5-6-26(16)2)7-8-28(15)13-4-3-12(10-23)14(9-13)19(20,21)22/h3-6,9,15H,7-8,11H2,1-2H3,(H,24,29). The van der Waals surface area contributed by atoms with E-state index in [4.69, 9.17) is 5.26 Å². The molecule has 0 saturated carbocycles. The molecule has 0 spiro atoms. The van der Waals surface area contributed by atoms with Crippen molar-refractivity contribution in [1.82, 2.24) is 19.8 Å². The van der Waals surface area contributed by atoms with Gasteiger partial charge in [0, 0.05) is 45.3 Å². The molecule has 1 aromatic heterocycles. The minimum atomic E-state index is -4.71. The smallest absolute Gasteiger partial charge is 0.357 e. The molecule has 158 valence electrons. The Bertz CT molecular complexity index is 1010. The summed E-state index contributed by atoms with van der Waals surface area (Å²) >= 11 is 0. The minimum absolute atomic E-state index is 0.0211. The van der Waals surface area contributed by atoms with Crippen molar-refractivity contribution in [3.8, 4) is 6.07 Å². The topological polar surface area (TPSA) is 94.3 Å². The number of alkyl halides is 3. The Morgan fingerprint density at radius 1 is 1.30 bits per heavy atom. The highest BCUT2D eigenvalue weighted by Gasteiger charge is 2.38. The van der Waals surface area contributed by atoms with Crippen molar-refractivity contribution in [1.29, 1.82) is 5.26 Å². The van der Waals surface area contributed by atoms with Crippen LogP contribution in [0.5, 0.6) is 0 Å². The van der Waals surface area contributed by atoms with Crippen LogP contribution in [0.4, 0.5) is 18.9 Å². The summed E-state index contributed by atoms with van der Waals surface area (Å²) in [6.07, 6.45) is -1.61. The Kier molecular flexibility index (Phi) is 5.69. The number of imidazole rings is 1. The molecule has 1 atom stereocenters. The van der Waals surface area contributed by atoms with E-state index in [9.17, 15) is 22.8 Å². The van der Waals surface area contributed by atoms with E-state index < -0.39 is 29.3 Å². The molecule has 3 rings (SSSR count).